The van der Waals surface area contributed by atoms with E-state index in [1.807, 2.05) is 60.7 Å². The summed E-state index contributed by atoms with van der Waals surface area (Å²) in [5, 5.41) is 0.678. The van der Waals surface area contributed by atoms with Crippen molar-refractivity contribution in [1.29, 1.82) is 0 Å². The zero-order chi connectivity index (χ0) is 18.6. The van der Waals surface area contributed by atoms with Crippen LogP contribution in [0.2, 0.25) is 5.02 Å². The van der Waals surface area contributed by atoms with Gasteiger partial charge in [0, 0.05) is 5.02 Å². The molecule has 0 aliphatic heterocycles. The third-order valence-corrected chi connectivity index (χ3v) is 5.03. The lowest BCUT2D eigenvalue weighted by molar-refractivity contribution is 0.00193. The molecule has 27 heavy (non-hydrogen) atoms. The largest absolute Gasteiger partial charge is 0.459 e. The van der Waals surface area contributed by atoms with Crippen LogP contribution in [0.25, 0.3) is 0 Å². The van der Waals surface area contributed by atoms with E-state index in [4.69, 9.17) is 21.1 Å². The van der Waals surface area contributed by atoms with Gasteiger partial charge in [-0.05, 0) is 66.8 Å². The fraction of sp³-hybridized carbons (Fsp3) is 0.174. The van der Waals surface area contributed by atoms with E-state index in [9.17, 15) is 4.79 Å². The minimum atomic E-state index is -0.259. The van der Waals surface area contributed by atoms with Crippen molar-refractivity contribution in [2.45, 2.75) is 24.9 Å². The molecule has 1 aliphatic carbocycles. The van der Waals surface area contributed by atoms with Gasteiger partial charge < -0.3 is 9.47 Å². The van der Waals surface area contributed by atoms with E-state index in [-0.39, 0.29) is 12.1 Å². The quantitative estimate of drug-likeness (QED) is 0.493. The standard InChI is InChI=1S/C23H19ClO3/c24-18-10-12-19(13-11-18)26-22-9-5-4-8-21(22)17-14-20(15-17)27-23(25)16-6-2-1-3-7-16/h1-13,17,20H,14-15H2/t17-,20-. The third kappa shape index (κ3) is 4.15. The molecule has 0 atom stereocenters. The number of benzene rings is 3. The molecule has 3 aromatic rings. The fourth-order valence-corrected chi connectivity index (χ4v) is 3.38. The van der Waals surface area contributed by atoms with Crippen LogP contribution < -0.4 is 4.74 Å². The second kappa shape index (κ2) is 7.85. The molecule has 0 N–H and O–H groups in total. The van der Waals surface area contributed by atoms with Crippen molar-refractivity contribution in [2.24, 2.45) is 0 Å². The van der Waals surface area contributed by atoms with Crippen molar-refractivity contribution in [1.82, 2.24) is 0 Å². The van der Waals surface area contributed by atoms with Crippen LogP contribution in [0.4, 0.5) is 0 Å². The lowest BCUT2D eigenvalue weighted by atomic mass is 9.77. The Morgan fingerprint density at radius 2 is 1.52 bits per heavy atom. The van der Waals surface area contributed by atoms with Crippen LogP contribution in [-0.4, -0.2) is 12.1 Å². The van der Waals surface area contributed by atoms with E-state index in [0.29, 0.717) is 16.5 Å². The number of ether oxygens (including phenoxy) is 2. The maximum Gasteiger partial charge on any atom is 0.338 e. The monoisotopic (exact) mass is 378 g/mol. The number of esters is 1. The Bertz CT molecular complexity index is 916. The molecule has 4 rings (SSSR count). The second-order valence-corrected chi connectivity index (χ2v) is 7.09. The molecule has 0 saturated heterocycles. The van der Waals surface area contributed by atoms with Gasteiger partial charge in [0.15, 0.2) is 0 Å². The predicted molar refractivity (Wildman–Crippen MR) is 106 cm³/mol. The minimum Gasteiger partial charge on any atom is -0.459 e. The first kappa shape index (κ1) is 17.6. The molecule has 0 radical (unpaired) electrons. The molecule has 0 heterocycles. The number of rotatable bonds is 5. The topological polar surface area (TPSA) is 35.5 Å². The number of halogens is 1. The minimum absolute atomic E-state index is 0.0497. The molecule has 0 amide bonds. The summed E-state index contributed by atoms with van der Waals surface area (Å²) in [4.78, 5) is 12.2. The average Bonchev–Trinajstić information content (AvgIpc) is 2.67. The highest BCUT2D eigenvalue weighted by atomic mass is 35.5. The van der Waals surface area contributed by atoms with Crippen LogP contribution in [-0.2, 0) is 4.74 Å². The second-order valence-electron chi connectivity index (χ2n) is 6.66. The summed E-state index contributed by atoms with van der Waals surface area (Å²) in [5.41, 5.74) is 1.73. The summed E-state index contributed by atoms with van der Waals surface area (Å²) in [5.74, 6) is 1.64. The Labute approximate surface area is 163 Å². The van der Waals surface area contributed by atoms with Gasteiger partial charge in [0.1, 0.15) is 17.6 Å². The van der Waals surface area contributed by atoms with Gasteiger partial charge in [0.05, 0.1) is 5.56 Å². The van der Waals surface area contributed by atoms with Crippen LogP contribution in [0.5, 0.6) is 11.5 Å². The molecule has 1 fully saturated rings. The number of carbonyl (C=O) groups excluding carboxylic acids is 1. The maximum absolute atomic E-state index is 12.2. The summed E-state index contributed by atoms with van der Waals surface area (Å²) in [6, 6.07) is 24.4. The van der Waals surface area contributed by atoms with E-state index in [1.54, 1.807) is 12.1 Å². The van der Waals surface area contributed by atoms with Crippen molar-refractivity contribution in [3.8, 4) is 11.5 Å². The van der Waals surface area contributed by atoms with Crippen LogP contribution in [0.1, 0.15) is 34.7 Å². The summed E-state index contributed by atoms with van der Waals surface area (Å²) < 4.78 is 11.6. The van der Waals surface area contributed by atoms with Gasteiger partial charge in [-0.1, -0.05) is 48.0 Å². The van der Waals surface area contributed by atoms with Crippen molar-refractivity contribution in [2.75, 3.05) is 0 Å². The summed E-state index contributed by atoms with van der Waals surface area (Å²) in [6.07, 6.45) is 1.56. The van der Waals surface area contributed by atoms with E-state index in [2.05, 4.69) is 6.07 Å². The molecule has 4 heteroatoms. The van der Waals surface area contributed by atoms with Crippen molar-refractivity contribution in [3.05, 3.63) is 95.0 Å². The molecule has 0 spiro atoms. The fourth-order valence-electron chi connectivity index (χ4n) is 3.25. The summed E-state index contributed by atoms with van der Waals surface area (Å²) in [7, 11) is 0. The Balaban J connectivity index is 1.39. The van der Waals surface area contributed by atoms with Gasteiger partial charge >= 0.3 is 5.97 Å². The van der Waals surface area contributed by atoms with Gasteiger partial charge in [-0.2, -0.15) is 0 Å². The Morgan fingerprint density at radius 1 is 0.852 bits per heavy atom. The van der Waals surface area contributed by atoms with Gasteiger partial charge in [-0.3, -0.25) is 0 Å². The molecule has 0 bridgehead atoms. The van der Waals surface area contributed by atoms with Crippen LogP contribution in [0, 0.1) is 0 Å². The smallest absolute Gasteiger partial charge is 0.338 e. The Kier molecular flexibility index (Phi) is 5.12. The van der Waals surface area contributed by atoms with Gasteiger partial charge in [0.25, 0.3) is 0 Å². The Hall–Kier alpha value is -2.78. The van der Waals surface area contributed by atoms with Crippen molar-refractivity contribution in [3.63, 3.8) is 0 Å². The average molecular weight is 379 g/mol. The lowest BCUT2D eigenvalue weighted by Crippen LogP contribution is -2.32. The third-order valence-electron chi connectivity index (χ3n) is 4.78. The number of carbonyl (C=O) groups is 1. The van der Waals surface area contributed by atoms with E-state index >= 15 is 0 Å². The predicted octanol–water partition coefficient (Wildman–Crippen LogP) is 6.24. The maximum atomic E-state index is 12.2. The van der Waals surface area contributed by atoms with Crippen LogP contribution >= 0.6 is 11.6 Å². The molecule has 3 aromatic carbocycles. The number of hydrogen-bond donors (Lipinski definition) is 0. The Morgan fingerprint density at radius 3 is 2.26 bits per heavy atom. The van der Waals surface area contributed by atoms with Crippen LogP contribution in [0.15, 0.2) is 78.9 Å². The number of hydrogen-bond acceptors (Lipinski definition) is 3. The highest BCUT2D eigenvalue weighted by Gasteiger charge is 2.35. The zero-order valence-electron chi connectivity index (χ0n) is 14.7. The molecule has 3 nitrogen and oxygen atoms in total. The van der Waals surface area contributed by atoms with Crippen LogP contribution in [0.3, 0.4) is 0 Å². The molecule has 0 unspecified atom stereocenters. The van der Waals surface area contributed by atoms with E-state index in [1.165, 1.54) is 0 Å². The van der Waals surface area contributed by atoms with Gasteiger partial charge in [-0.25, -0.2) is 4.79 Å². The first-order valence-corrected chi connectivity index (χ1v) is 9.35. The SMILES string of the molecule is O=C(O[C@H]1C[C@H](c2ccccc2Oc2ccc(Cl)cc2)C1)c1ccccc1. The van der Waals surface area contributed by atoms with Crippen molar-refractivity contribution >= 4 is 17.6 Å². The molecular formula is C23H19ClO3. The normalized spacial score (nSPS) is 18.4. The number of para-hydroxylation sites is 1. The molecular weight excluding hydrogens is 360 g/mol. The first-order chi connectivity index (χ1) is 13.2. The highest BCUT2D eigenvalue weighted by molar-refractivity contribution is 6.30. The molecule has 1 aliphatic rings. The highest BCUT2D eigenvalue weighted by Crippen LogP contribution is 2.43. The molecule has 136 valence electrons. The molecule has 1 saturated carbocycles. The lowest BCUT2D eigenvalue weighted by Gasteiger charge is -2.35. The molecule has 0 aromatic heterocycles. The van der Waals surface area contributed by atoms with E-state index in [0.717, 1.165) is 29.9 Å². The summed E-state index contributed by atoms with van der Waals surface area (Å²) in [6.45, 7) is 0. The zero-order valence-corrected chi connectivity index (χ0v) is 15.4. The summed E-state index contributed by atoms with van der Waals surface area (Å²) >= 11 is 5.93. The van der Waals surface area contributed by atoms with Gasteiger partial charge in [0.2, 0.25) is 0 Å². The first-order valence-electron chi connectivity index (χ1n) is 8.97. The van der Waals surface area contributed by atoms with E-state index < -0.39 is 0 Å². The van der Waals surface area contributed by atoms with Gasteiger partial charge in [-0.15, -0.1) is 0 Å². The van der Waals surface area contributed by atoms with Crippen molar-refractivity contribution < 1.29 is 14.3 Å².